The van der Waals surface area contributed by atoms with Crippen LogP contribution in [0.5, 0.6) is 5.75 Å². The van der Waals surface area contributed by atoms with Crippen molar-refractivity contribution in [2.24, 2.45) is 0 Å². The molecule has 1 aliphatic rings. The molecule has 8 heteroatoms. The third kappa shape index (κ3) is 4.50. The SMILES string of the molecule is CCOc1ccc(C(=O)N2CCCN(S(=O)(=O)N(C)C)CC2)cc1C. The van der Waals surface area contributed by atoms with Crippen LogP contribution in [0.25, 0.3) is 0 Å². The molecule has 140 valence electrons. The quantitative estimate of drug-likeness (QED) is 0.786. The van der Waals surface area contributed by atoms with E-state index in [4.69, 9.17) is 4.74 Å². The Morgan fingerprint density at radius 2 is 1.92 bits per heavy atom. The van der Waals surface area contributed by atoms with Gasteiger partial charge in [-0.15, -0.1) is 0 Å². The fourth-order valence-electron chi connectivity index (χ4n) is 2.84. The standard InChI is InChI=1S/C17H27N3O4S/c1-5-24-16-8-7-15(13-14(16)2)17(21)19-9-6-10-20(12-11-19)25(22,23)18(3)4/h7-8,13H,5-6,9-12H2,1-4H3. The van der Waals surface area contributed by atoms with E-state index in [0.29, 0.717) is 44.8 Å². The summed E-state index contributed by atoms with van der Waals surface area (Å²) in [6.07, 6.45) is 0.620. The van der Waals surface area contributed by atoms with E-state index >= 15 is 0 Å². The van der Waals surface area contributed by atoms with Gasteiger partial charge in [0.2, 0.25) is 0 Å². The summed E-state index contributed by atoms with van der Waals surface area (Å²) in [5.41, 5.74) is 1.52. The van der Waals surface area contributed by atoms with Crippen molar-refractivity contribution in [3.8, 4) is 5.75 Å². The van der Waals surface area contributed by atoms with Crippen molar-refractivity contribution in [2.45, 2.75) is 20.3 Å². The minimum Gasteiger partial charge on any atom is -0.494 e. The number of ether oxygens (including phenoxy) is 1. The van der Waals surface area contributed by atoms with Crippen molar-refractivity contribution in [1.82, 2.24) is 13.5 Å². The van der Waals surface area contributed by atoms with Crippen molar-refractivity contribution in [3.63, 3.8) is 0 Å². The van der Waals surface area contributed by atoms with Gasteiger partial charge in [-0.05, 0) is 44.0 Å². The highest BCUT2D eigenvalue weighted by Crippen LogP contribution is 2.21. The average molecular weight is 369 g/mol. The summed E-state index contributed by atoms with van der Waals surface area (Å²) < 4.78 is 32.7. The molecule has 0 spiro atoms. The maximum Gasteiger partial charge on any atom is 0.281 e. The largest absolute Gasteiger partial charge is 0.494 e. The molecule has 25 heavy (non-hydrogen) atoms. The number of carbonyl (C=O) groups is 1. The lowest BCUT2D eigenvalue weighted by atomic mass is 10.1. The summed E-state index contributed by atoms with van der Waals surface area (Å²) in [4.78, 5) is 14.5. The van der Waals surface area contributed by atoms with Gasteiger partial charge in [0.25, 0.3) is 16.1 Å². The Morgan fingerprint density at radius 3 is 2.52 bits per heavy atom. The number of benzene rings is 1. The van der Waals surface area contributed by atoms with E-state index < -0.39 is 10.2 Å². The molecule has 0 unspecified atom stereocenters. The molecule has 1 amide bonds. The zero-order valence-electron chi connectivity index (χ0n) is 15.4. The van der Waals surface area contributed by atoms with Gasteiger partial charge in [0.05, 0.1) is 6.61 Å². The molecular weight excluding hydrogens is 342 g/mol. The number of hydrogen-bond donors (Lipinski definition) is 0. The van der Waals surface area contributed by atoms with Gasteiger partial charge in [0, 0.05) is 45.8 Å². The van der Waals surface area contributed by atoms with Crippen LogP contribution in [-0.2, 0) is 10.2 Å². The molecule has 1 aliphatic heterocycles. The molecule has 0 radical (unpaired) electrons. The van der Waals surface area contributed by atoms with Crippen LogP contribution in [0.4, 0.5) is 0 Å². The first kappa shape index (κ1) is 19.7. The molecule has 7 nitrogen and oxygen atoms in total. The minimum absolute atomic E-state index is 0.0738. The number of carbonyl (C=O) groups excluding carboxylic acids is 1. The summed E-state index contributed by atoms with van der Waals surface area (Å²) in [6, 6.07) is 5.40. The molecule has 0 saturated carbocycles. The van der Waals surface area contributed by atoms with E-state index in [9.17, 15) is 13.2 Å². The van der Waals surface area contributed by atoms with Crippen LogP contribution in [0.3, 0.4) is 0 Å². The van der Waals surface area contributed by atoms with E-state index in [2.05, 4.69) is 0 Å². The number of rotatable bonds is 5. The van der Waals surface area contributed by atoms with E-state index in [0.717, 1.165) is 11.3 Å². The van der Waals surface area contributed by atoms with Gasteiger partial charge in [-0.25, -0.2) is 0 Å². The van der Waals surface area contributed by atoms with E-state index in [1.807, 2.05) is 26.0 Å². The van der Waals surface area contributed by atoms with Gasteiger partial charge >= 0.3 is 0 Å². The summed E-state index contributed by atoms with van der Waals surface area (Å²) in [6.45, 7) is 6.08. The molecule has 1 aromatic carbocycles. The molecule has 1 saturated heterocycles. The van der Waals surface area contributed by atoms with E-state index in [1.54, 1.807) is 11.0 Å². The first-order chi connectivity index (χ1) is 11.8. The van der Waals surface area contributed by atoms with Crippen molar-refractivity contribution in [3.05, 3.63) is 29.3 Å². The highest BCUT2D eigenvalue weighted by Gasteiger charge is 2.28. The van der Waals surface area contributed by atoms with Crippen molar-refractivity contribution >= 4 is 16.1 Å². The molecule has 0 atom stereocenters. The highest BCUT2D eigenvalue weighted by atomic mass is 32.2. The lowest BCUT2D eigenvalue weighted by Gasteiger charge is -2.24. The van der Waals surface area contributed by atoms with Gasteiger partial charge in [-0.2, -0.15) is 17.0 Å². The second kappa shape index (κ2) is 8.16. The normalized spacial score (nSPS) is 16.8. The summed E-state index contributed by atoms with van der Waals surface area (Å²) >= 11 is 0. The molecule has 0 aliphatic carbocycles. The Hall–Kier alpha value is -1.64. The Bertz CT molecular complexity index is 719. The lowest BCUT2D eigenvalue weighted by Crippen LogP contribution is -2.42. The second-order valence-electron chi connectivity index (χ2n) is 6.25. The first-order valence-electron chi connectivity index (χ1n) is 8.47. The maximum atomic E-state index is 12.8. The zero-order valence-corrected chi connectivity index (χ0v) is 16.2. The van der Waals surface area contributed by atoms with Crippen LogP contribution in [-0.4, -0.2) is 74.7 Å². The first-order valence-corrected chi connectivity index (χ1v) is 9.87. The van der Waals surface area contributed by atoms with Crippen LogP contribution >= 0.6 is 0 Å². The Kier molecular flexibility index (Phi) is 6.42. The number of hydrogen-bond acceptors (Lipinski definition) is 4. The van der Waals surface area contributed by atoms with Gasteiger partial charge in [0.1, 0.15) is 5.75 Å². The van der Waals surface area contributed by atoms with Gasteiger partial charge in [0.15, 0.2) is 0 Å². The molecule has 1 aromatic rings. The van der Waals surface area contributed by atoms with Crippen molar-refractivity contribution < 1.29 is 17.9 Å². The maximum absolute atomic E-state index is 12.8. The Labute approximate surface area is 150 Å². The average Bonchev–Trinajstić information content (AvgIpc) is 2.82. The number of nitrogens with zero attached hydrogens (tertiary/aromatic N) is 3. The Morgan fingerprint density at radius 1 is 1.20 bits per heavy atom. The predicted molar refractivity (Wildman–Crippen MR) is 97.0 cm³/mol. The fraction of sp³-hybridized carbons (Fsp3) is 0.588. The van der Waals surface area contributed by atoms with E-state index in [1.165, 1.54) is 22.7 Å². The molecule has 1 heterocycles. The number of amides is 1. The number of aryl methyl sites for hydroxylation is 1. The fourth-order valence-corrected chi connectivity index (χ4v) is 3.98. The van der Waals surface area contributed by atoms with E-state index in [-0.39, 0.29) is 5.91 Å². The van der Waals surface area contributed by atoms with Gasteiger partial charge in [-0.3, -0.25) is 4.79 Å². The summed E-state index contributed by atoms with van der Waals surface area (Å²) in [5, 5.41) is 0. The van der Waals surface area contributed by atoms with Crippen LogP contribution in [0.1, 0.15) is 29.3 Å². The molecule has 2 rings (SSSR count). The third-order valence-electron chi connectivity index (χ3n) is 4.25. The van der Waals surface area contributed by atoms with Gasteiger partial charge < -0.3 is 9.64 Å². The molecule has 0 bridgehead atoms. The van der Waals surface area contributed by atoms with Crippen LogP contribution in [0.2, 0.25) is 0 Å². The van der Waals surface area contributed by atoms with Crippen LogP contribution < -0.4 is 4.74 Å². The third-order valence-corrected chi connectivity index (χ3v) is 6.19. The molecule has 0 N–H and O–H groups in total. The topological polar surface area (TPSA) is 70.2 Å². The second-order valence-corrected chi connectivity index (χ2v) is 8.39. The molecule has 0 aromatic heterocycles. The summed E-state index contributed by atoms with van der Waals surface area (Å²) in [7, 11) is -0.404. The van der Waals surface area contributed by atoms with Crippen LogP contribution in [0.15, 0.2) is 18.2 Å². The minimum atomic E-state index is -3.44. The highest BCUT2D eigenvalue weighted by molar-refractivity contribution is 7.86. The monoisotopic (exact) mass is 369 g/mol. The van der Waals surface area contributed by atoms with Crippen molar-refractivity contribution in [2.75, 3.05) is 46.9 Å². The van der Waals surface area contributed by atoms with Gasteiger partial charge in [-0.1, -0.05) is 0 Å². The van der Waals surface area contributed by atoms with Crippen molar-refractivity contribution in [1.29, 1.82) is 0 Å². The smallest absolute Gasteiger partial charge is 0.281 e. The molecular formula is C17H27N3O4S. The predicted octanol–water partition coefficient (Wildman–Crippen LogP) is 1.35. The molecule has 1 fully saturated rings. The van der Waals surface area contributed by atoms with Crippen LogP contribution in [0, 0.1) is 6.92 Å². The lowest BCUT2D eigenvalue weighted by molar-refractivity contribution is 0.0764. The summed E-state index contributed by atoms with van der Waals surface area (Å²) in [5.74, 6) is 0.702. The zero-order chi connectivity index (χ0) is 18.6. The Balaban J connectivity index is 2.10.